The number of hydrogen-bond donors (Lipinski definition) is 2. The zero-order chi connectivity index (χ0) is 21.5. The van der Waals surface area contributed by atoms with E-state index in [-0.39, 0.29) is 11.8 Å². The molecule has 1 heterocycles. The second-order valence-electron chi connectivity index (χ2n) is 7.91. The van der Waals surface area contributed by atoms with Gasteiger partial charge in [0.15, 0.2) is 0 Å². The average Bonchev–Trinajstić information content (AvgIpc) is 2.73. The van der Waals surface area contributed by atoms with Gasteiger partial charge in [-0.3, -0.25) is 14.5 Å². The Balaban J connectivity index is 1.58. The topological polar surface area (TPSA) is 70.7 Å². The molecule has 1 aliphatic heterocycles. The number of nitrogens with one attached hydrogen (secondary N) is 2. The number of carbonyl (C=O) groups is 2. The summed E-state index contributed by atoms with van der Waals surface area (Å²) in [5.41, 5.74) is 5.03. The van der Waals surface area contributed by atoms with Crippen molar-refractivity contribution in [1.29, 1.82) is 0 Å². The molecule has 160 valence electrons. The van der Waals surface area contributed by atoms with Crippen LogP contribution in [0.3, 0.4) is 0 Å². The molecule has 30 heavy (non-hydrogen) atoms. The molecule has 0 bridgehead atoms. The summed E-state index contributed by atoms with van der Waals surface area (Å²) < 4.78 is 5.35. The minimum atomic E-state index is -0.188. The predicted molar refractivity (Wildman–Crippen MR) is 120 cm³/mol. The summed E-state index contributed by atoms with van der Waals surface area (Å²) in [5.74, 6) is -0.218. The van der Waals surface area contributed by atoms with Crippen LogP contribution in [0.4, 0.5) is 11.4 Å². The van der Waals surface area contributed by atoms with E-state index in [0.29, 0.717) is 17.7 Å². The normalized spacial score (nSPS) is 14.4. The number of nitrogens with zero attached hydrogens (tertiary/aromatic N) is 1. The summed E-state index contributed by atoms with van der Waals surface area (Å²) >= 11 is 0. The van der Waals surface area contributed by atoms with E-state index in [2.05, 4.69) is 15.5 Å². The Kier molecular flexibility index (Phi) is 7.60. The van der Waals surface area contributed by atoms with E-state index >= 15 is 0 Å². The molecule has 0 atom stereocenters. The molecule has 0 saturated carbocycles. The SMILES string of the molecule is Cc1ccc(C)c(NC(=O)c2ccc(C)c(NC(=O)CCCN3CCOCC3)c2)c1. The highest BCUT2D eigenvalue weighted by atomic mass is 16.5. The van der Waals surface area contributed by atoms with Gasteiger partial charge < -0.3 is 15.4 Å². The van der Waals surface area contributed by atoms with Crippen molar-refractivity contribution in [2.75, 3.05) is 43.5 Å². The smallest absolute Gasteiger partial charge is 0.255 e. The zero-order valence-corrected chi connectivity index (χ0v) is 18.1. The van der Waals surface area contributed by atoms with Crippen LogP contribution in [0.5, 0.6) is 0 Å². The number of aryl methyl sites for hydroxylation is 3. The van der Waals surface area contributed by atoms with E-state index in [1.807, 2.05) is 45.0 Å². The van der Waals surface area contributed by atoms with Crippen LogP contribution in [0, 0.1) is 20.8 Å². The third-order valence-corrected chi connectivity index (χ3v) is 5.40. The van der Waals surface area contributed by atoms with Gasteiger partial charge in [-0.05, 0) is 68.6 Å². The Morgan fingerprint density at radius 2 is 1.60 bits per heavy atom. The highest BCUT2D eigenvalue weighted by Gasteiger charge is 2.13. The molecule has 0 aromatic heterocycles. The molecule has 0 spiro atoms. The van der Waals surface area contributed by atoms with Gasteiger partial charge in [0.05, 0.1) is 13.2 Å². The Labute approximate surface area is 178 Å². The predicted octanol–water partition coefficient (Wildman–Crippen LogP) is 3.92. The number of rotatable bonds is 7. The van der Waals surface area contributed by atoms with Crippen molar-refractivity contribution in [3.05, 3.63) is 58.7 Å². The van der Waals surface area contributed by atoms with E-state index in [1.165, 1.54) is 0 Å². The molecule has 1 saturated heterocycles. The van der Waals surface area contributed by atoms with E-state index in [0.717, 1.165) is 61.6 Å². The first-order chi connectivity index (χ1) is 14.4. The lowest BCUT2D eigenvalue weighted by atomic mass is 10.1. The lowest BCUT2D eigenvalue weighted by Gasteiger charge is -2.26. The van der Waals surface area contributed by atoms with Crippen LogP contribution in [0.15, 0.2) is 36.4 Å². The molecule has 2 aromatic rings. The molecule has 6 nitrogen and oxygen atoms in total. The fraction of sp³-hybridized carbons (Fsp3) is 0.417. The van der Waals surface area contributed by atoms with Gasteiger partial charge in [-0.25, -0.2) is 0 Å². The molecule has 0 aliphatic carbocycles. The van der Waals surface area contributed by atoms with Crippen molar-refractivity contribution in [2.24, 2.45) is 0 Å². The van der Waals surface area contributed by atoms with Gasteiger partial charge in [-0.2, -0.15) is 0 Å². The van der Waals surface area contributed by atoms with Gasteiger partial charge in [0.2, 0.25) is 5.91 Å². The van der Waals surface area contributed by atoms with Crippen LogP contribution in [0.25, 0.3) is 0 Å². The van der Waals surface area contributed by atoms with E-state index in [4.69, 9.17) is 4.74 Å². The maximum atomic E-state index is 12.7. The largest absolute Gasteiger partial charge is 0.379 e. The highest BCUT2D eigenvalue weighted by Crippen LogP contribution is 2.21. The molecular weight excluding hydrogens is 378 g/mol. The van der Waals surface area contributed by atoms with Gasteiger partial charge in [-0.1, -0.05) is 18.2 Å². The Morgan fingerprint density at radius 1 is 0.933 bits per heavy atom. The monoisotopic (exact) mass is 409 g/mol. The van der Waals surface area contributed by atoms with E-state index < -0.39 is 0 Å². The summed E-state index contributed by atoms with van der Waals surface area (Å²) in [6.45, 7) is 10.2. The maximum absolute atomic E-state index is 12.7. The number of ether oxygens (including phenoxy) is 1. The number of amides is 2. The summed E-state index contributed by atoms with van der Waals surface area (Å²) in [6.07, 6.45) is 1.26. The van der Waals surface area contributed by atoms with Crippen molar-refractivity contribution in [2.45, 2.75) is 33.6 Å². The summed E-state index contributed by atoms with van der Waals surface area (Å²) in [7, 11) is 0. The minimum absolute atomic E-state index is 0.0292. The molecule has 1 aliphatic rings. The molecule has 2 aromatic carbocycles. The Bertz CT molecular complexity index is 905. The third-order valence-electron chi connectivity index (χ3n) is 5.40. The summed E-state index contributed by atoms with van der Waals surface area (Å²) in [5, 5.41) is 5.94. The molecule has 6 heteroatoms. The highest BCUT2D eigenvalue weighted by molar-refractivity contribution is 6.06. The number of benzene rings is 2. The van der Waals surface area contributed by atoms with Crippen molar-refractivity contribution in [1.82, 2.24) is 4.90 Å². The second kappa shape index (κ2) is 10.4. The minimum Gasteiger partial charge on any atom is -0.379 e. The Morgan fingerprint density at radius 3 is 2.33 bits per heavy atom. The molecular formula is C24H31N3O3. The summed E-state index contributed by atoms with van der Waals surface area (Å²) in [4.78, 5) is 27.5. The average molecular weight is 410 g/mol. The van der Waals surface area contributed by atoms with Crippen molar-refractivity contribution in [3.8, 4) is 0 Å². The van der Waals surface area contributed by atoms with Gasteiger partial charge in [0, 0.05) is 36.4 Å². The second-order valence-corrected chi connectivity index (χ2v) is 7.91. The number of hydrogen-bond acceptors (Lipinski definition) is 4. The van der Waals surface area contributed by atoms with Crippen LogP contribution in [-0.4, -0.2) is 49.6 Å². The molecule has 0 radical (unpaired) electrons. The van der Waals surface area contributed by atoms with Crippen LogP contribution in [-0.2, 0) is 9.53 Å². The molecule has 2 N–H and O–H groups in total. The fourth-order valence-corrected chi connectivity index (χ4v) is 3.46. The molecule has 3 rings (SSSR count). The first kappa shape index (κ1) is 22.0. The van der Waals surface area contributed by atoms with Crippen molar-refractivity contribution in [3.63, 3.8) is 0 Å². The zero-order valence-electron chi connectivity index (χ0n) is 18.1. The lowest BCUT2D eigenvalue weighted by molar-refractivity contribution is -0.116. The molecule has 0 unspecified atom stereocenters. The third kappa shape index (κ3) is 6.15. The number of anilines is 2. The quantitative estimate of drug-likeness (QED) is 0.727. The van der Waals surface area contributed by atoms with Gasteiger partial charge in [0.1, 0.15) is 0 Å². The number of carbonyl (C=O) groups excluding carboxylic acids is 2. The molecule has 2 amide bonds. The summed E-state index contributed by atoms with van der Waals surface area (Å²) in [6, 6.07) is 11.4. The first-order valence-corrected chi connectivity index (χ1v) is 10.5. The van der Waals surface area contributed by atoms with E-state index in [9.17, 15) is 9.59 Å². The lowest BCUT2D eigenvalue weighted by Crippen LogP contribution is -2.37. The molecule has 1 fully saturated rings. The van der Waals surface area contributed by atoms with Gasteiger partial charge >= 0.3 is 0 Å². The van der Waals surface area contributed by atoms with Crippen LogP contribution < -0.4 is 10.6 Å². The van der Waals surface area contributed by atoms with Crippen molar-refractivity contribution < 1.29 is 14.3 Å². The fourth-order valence-electron chi connectivity index (χ4n) is 3.46. The van der Waals surface area contributed by atoms with Crippen molar-refractivity contribution >= 4 is 23.2 Å². The number of morpholine rings is 1. The van der Waals surface area contributed by atoms with Crippen LogP contribution >= 0.6 is 0 Å². The Hall–Kier alpha value is -2.70. The van der Waals surface area contributed by atoms with E-state index in [1.54, 1.807) is 12.1 Å². The maximum Gasteiger partial charge on any atom is 0.255 e. The van der Waals surface area contributed by atoms with Crippen LogP contribution in [0.1, 0.15) is 39.9 Å². The first-order valence-electron chi connectivity index (χ1n) is 10.5. The van der Waals surface area contributed by atoms with Gasteiger partial charge in [0.25, 0.3) is 5.91 Å². The van der Waals surface area contributed by atoms with Crippen LogP contribution in [0.2, 0.25) is 0 Å². The van der Waals surface area contributed by atoms with Gasteiger partial charge in [-0.15, -0.1) is 0 Å². The standard InChI is InChI=1S/C24H31N3O3/c1-17-6-7-18(2)21(15-17)26-24(29)20-9-8-19(3)22(16-20)25-23(28)5-4-10-27-11-13-30-14-12-27/h6-9,15-16H,4-5,10-14H2,1-3H3,(H,25,28)(H,26,29).